The molecule has 1 aromatic carbocycles. The highest BCUT2D eigenvalue weighted by Crippen LogP contribution is 2.39. The van der Waals surface area contributed by atoms with Crippen molar-refractivity contribution in [1.82, 2.24) is 5.32 Å². The van der Waals surface area contributed by atoms with Gasteiger partial charge in [0, 0.05) is 16.6 Å². The molecule has 1 fully saturated rings. The summed E-state index contributed by atoms with van der Waals surface area (Å²) in [6, 6.07) is 6.36. The van der Waals surface area contributed by atoms with E-state index in [0.29, 0.717) is 10.6 Å². The first-order valence-electron chi connectivity index (χ1n) is 9.05. The number of carbonyl (C=O) groups is 1. The van der Waals surface area contributed by atoms with Crippen molar-refractivity contribution in [2.75, 3.05) is 11.5 Å². The van der Waals surface area contributed by atoms with Crippen molar-refractivity contribution in [3.8, 4) is 0 Å². The van der Waals surface area contributed by atoms with Gasteiger partial charge in [-0.25, -0.2) is 4.79 Å². The summed E-state index contributed by atoms with van der Waals surface area (Å²) < 4.78 is 16.7. The molecule has 1 aliphatic rings. The Balaban J connectivity index is 1.99. The van der Waals surface area contributed by atoms with E-state index in [0.717, 1.165) is 11.8 Å². The van der Waals surface area contributed by atoms with Crippen molar-refractivity contribution < 1.29 is 39.2 Å². The number of urea groups is 1. The number of carbonyl (C=O) groups excluding carboxylic acids is 1. The Morgan fingerprint density at radius 2 is 1.76 bits per heavy atom. The van der Waals surface area contributed by atoms with E-state index in [1.165, 1.54) is 0 Å². The summed E-state index contributed by atoms with van der Waals surface area (Å²) in [4.78, 5) is 30.4. The molecule has 1 heterocycles. The maximum Gasteiger partial charge on any atom is 0.325 e. The van der Waals surface area contributed by atoms with Crippen LogP contribution < -0.4 is 10.6 Å². The minimum atomic E-state index is -4.29. The summed E-state index contributed by atoms with van der Waals surface area (Å²) in [5, 5.41) is 35.7. The highest BCUT2D eigenvalue weighted by molar-refractivity contribution is 7.99. The van der Waals surface area contributed by atoms with E-state index in [1.807, 2.05) is 13.8 Å². The van der Waals surface area contributed by atoms with Crippen molar-refractivity contribution in [3.05, 3.63) is 24.3 Å². The topological polar surface area (TPSA) is 169 Å². The molecular formula is C17H27N2O8PS. The predicted molar refractivity (Wildman–Crippen MR) is 108 cm³/mol. The molecule has 0 aromatic heterocycles. The van der Waals surface area contributed by atoms with E-state index < -0.39 is 43.6 Å². The van der Waals surface area contributed by atoms with E-state index >= 15 is 0 Å². The van der Waals surface area contributed by atoms with Gasteiger partial charge >= 0.3 is 13.6 Å². The van der Waals surface area contributed by atoms with E-state index in [-0.39, 0.29) is 18.5 Å². The molecule has 0 aliphatic carbocycles. The molecule has 5 atom stereocenters. The largest absolute Gasteiger partial charge is 0.388 e. The lowest BCUT2D eigenvalue weighted by Gasteiger charge is -2.40. The average Bonchev–Trinajstić information content (AvgIpc) is 2.61. The van der Waals surface area contributed by atoms with Gasteiger partial charge in [-0.05, 0) is 44.5 Å². The smallest absolute Gasteiger partial charge is 0.325 e. The van der Waals surface area contributed by atoms with Crippen LogP contribution in [0.2, 0.25) is 0 Å². The Morgan fingerprint density at radius 3 is 2.31 bits per heavy atom. The molecule has 164 valence electrons. The van der Waals surface area contributed by atoms with Crippen LogP contribution in [-0.4, -0.2) is 73.2 Å². The Labute approximate surface area is 172 Å². The SMILES string of the molecule is CC(C)NC(=O)Nc1ccc(S[C@@H]2O[C@H](CCP(=O)(O)O)[C@@H](O)[C@H](O)[C@@H]2O)cc1. The van der Waals surface area contributed by atoms with Gasteiger partial charge in [-0.2, -0.15) is 0 Å². The fourth-order valence-corrected chi connectivity index (χ4v) is 4.38. The predicted octanol–water partition coefficient (Wildman–Crippen LogP) is 0.684. The van der Waals surface area contributed by atoms with Crippen LogP contribution in [0.1, 0.15) is 20.3 Å². The van der Waals surface area contributed by atoms with Crippen LogP contribution >= 0.6 is 19.4 Å². The molecule has 12 heteroatoms. The minimum absolute atomic E-state index is 0.00457. The van der Waals surface area contributed by atoms with Crippen molar-refractivity contribution >= 4 is 31.1 Å². The Morgan fingerprint density at radius 1 is 1.14 bits per heavy atom. The van der Waals surface area contributed by atoms with Gasteiger partial charge in [0.1, 0.15) is 23.7 Å². The number of benzene rings is 1. The van der Waals surface area contributed by atoms with Crippen molar-refractivity contribution in [3.63, 3.8) is 0 Å². The fourth-order valence-electron chi connectivity index (χ4n) is 2.73. The van der Waals surface area contributed by atoms with Crippen molar-refractivity contribution in [1.29, 1.82) is 0 Å². The van der Waals surface area contributed by atoms with Gasteiger partial charge in [0.05, 0.1) is 12.3 Å². The second kappa shape index (κ2) is 10.2. The second-order valence-corrected chi connectivity index (χ2v) is 10.0. The van der Waals surface area contributed by atoms with Crippen LogP contribution in [0.3, 0.4) is 0 Å². The maximum atomic E-state index is 11.7. The Kier molecular flexibility index (Phi) is 8.50. The average molecular weight is 450 g/mol. The Bertz CT molecular complexity index is 729. The van der Waals surface area contributed by atoms with E-state index in [4.69, 9.17) is 14.5 Å². The van der Waals surface area contributed by atoms with Crippen molar-refractivity contribution in [2.45, 2.75) is 61.1 Å². The summed E-state index contributed by atoms with van der Waals surface area (Å²) in [5.41, 5.74) is -0.384. The normalized spacial score (nSPS) is 27.7. The van der Waals surface area contributed by atoms with Gasteiger partial charge in [0.15, 0.2) is 0 Å². The molecule has 1 aliphatic heterocycles. The number of amides is 2. The summed E-state index contributed by atoms with van der Waals surface area (Å²) in [7, 11) is -4.29. The monoisotopic (exact) mass is 450 g/mol. The van der Waals surface area contributed by atoms with Gasteiger partial charge in [-0.15, -0.1) is 0 Å². The van der Waals surface area contributed by atoms with Crippen LogP contribution in [0.4, 0.5) is 10.5 Å². The zero-order valence-electron chi connectivity index (χ0n) is 16.0. The summed E-state index contributed by atoms with van der Waals surface area (Å²) >= 11 is 1.09. The van der Waals surface area contributed by atoms with Crippen LogP contribution in [-0.2, 0) is 9.30 Å². The molecule has 0 bridgehead atoms. The summed E-state index contributed by atoms with van der Waals surface area (Å²) in [5.74, 6) is 0. The molecule has 10 nitrogen and oxygen atoms in total. The first-order chi connectivity index (χ1) is 13.5. The lowest BCUT2D eigenvalue weighted by Crippen LogP contribution is -2.56. The number of aliphatic hydroxyl groups excluding tert-OH is 3. The molecule has 0 spiro atoms. The molecule has 2 rings (SSSR count). The van der Waals surface area contributed by atoms with Crippen LogP contribution in [0.25, 0.3) is 0 Å². The number of hydrogen-bond acceptors (Lipinski definition) is 7. The third-order valence-electron chi connectivity index (χ3n) is 4.16. The summed E-state index contributed by atoms with van der Waals surface area (Å²) in [6.45, 7) is 3.68. The van der Waals surface area contributed by atoms with Crippen LogP contribution in [0.15, 0.2) is 29.2 Å². The number of rotatable bonds is 7. The molecule has 1 saturated heterocycles. The van der Waals surface area contributed by atoms with Gasteiger partial charge < -0.3 is 40.5 Å². The lowest BCUT2D eigenvalue weighted by atomic mass is 9.98. The zero-order chi connectivity index (χ0) is 21.8. The van der Waals surface area contributed by atoms with Crippen LogP contribution in [0, 0.1) is 0 Å². The number of aliphatic hydroxyl groups is 3. The highest BCUT2D eigenvalue weighted by Gasteiger charge is 2.44. The first-order valence-corrected chi connectivity index (χ1v) is 11.7. The number of ether oxygens (including phenoxy) is 1. The van der Waals surface area contributed by atoms with Gasteiger partial charge in [-0.3, -0.25) is 4.57 Å². The lowest BCUT2D eigenvalue weighted by molar-refractivity contribution is -0.197. The second-order valence-electron chi connectivity index (χ2n) is 7.09. The molecule has 2 amide bonds. The van der Waals surface area contributed by atoms with E-state index in [9.17, 15) is 24.7 Å². The first kappa shape index (κ1) is 24.1. The maximum absolute atomic E-state index is 11.7. The molecule has 0 radical (unpaired) electrons. The van der Waals surface area contributed by atoms with Gasteiger partial charge in [0.2, 0.25) is 0 Å². The quantitative estimate of drug-likeness (QED) is 0.295. The minimum Gasteiger partial charge on any atom is -0.388 e. The summed E-state index contributed by atoms with van der Waals surface area (Å²) in [6.07, 6.45) is -6.06. The number of nitrogens with one attached hydrogen (secondary N) is 2. The number of anilines is 1. The number of thioether (sulfide) groups is 1. The third kappa shape index (κ3) is 7.54. The molecule has 1 aromatic rings. The van der Waals surface area contributed by atoms with E-state index in [2.05, 4.69) is 10.6 Å². The van der Waals surface area contributed by atoms with Gasteiger partial charge in [-0.1, -0.05) is 11.8 Å². The molecule has 7 N–H and O–H groups in total. The van der Waals surface area contributed by atoms with Gasteiger partial charge in [0.25, 0.3) is 0 Å². The third-order valence-corrected chi connectivity index (χ3v) is 6.16. The zero-order valence-corrected chi connectivity index (χ0v) is 17.7. The molecule has 0 saturated carbocycles. The van der Waals surface area contributed by atoms with Crippen LogP contribution in [0.5, 0.6) is 0 Å². The fraction of sp³-hybridized carbons (Fsp3) is 0.588. The molecular weight excluding hydrogens is 423 g/mol. The highest BCUT2D eigenvalue weighted by atomic mass is 32.2. The molecule has 0 unspecified atom stereocenters. The Hall–Kier alpha value is -1.17. The molecule has 29 heavy (non-hydrogen) atoms. The van der Waals surface area contributed by atoms with Crippen molar-refractivity contribution in [2.24, 2.45) is 0 Å². The standard InChI is InChI=1S/C17H27N2O8PS/c1-9(2)18-17(23)19-10-3-5-11(6-4-10)29-16-15(22)14(21)13(20)12(27-16)7-8-28(24,25)26/h3-6,9,12-16,20-22H,7-8H2,1-2H3,(H2,18,19,23)(H2,24,25,26)/t12-,13-,14+,15+,16+/m1/s1. The van der Waals surface area contributed by atoms with E-state index in [1.54, 1.807) is 24.3 Å². The number of hydrogen-bond donors (Lipinski definition) is 7.